The lowest BCUT2D eigenvalue weighted by Gasteiger charge is -2.32. The smallest absolute Gasteiger partial charge is 0.222 e. The Hall–Kier alpha value is -0.420. The van der Waals surface area contributed by atoms with Crippen LogP contribution in [0.25, 0.3) is 0 Å². The van der Waals surface area contributed by atoms with Crippen LogP contribution in [0.4, 0.5) is 0 Å². The Morgan fingerprint density at radius 1 is 0.793 bits per heavy atom. The van der Waals surface area contributed by atoms with Crippen LogP contribution < -0.4 is 12.4 Å². The fourth-order valence-corrected chi connectivity index (χ4v) is 4.25. The summed E-state index contributed by atoms with van der Waals surface area (Å²) in [5, 5.41) is 18.7. The van der Waals surface area contributed by atoms with Crippen molar-refractivity contribution in [1.29, 1.82) is 0 Å². The number of hydrogen-bond donors (Lipinski definition) is 2. The highest BCUT2D eigenvalue weighted by molar-refractivity contribution is 5.88. The fourth-order valence-electron chi connectivity index (χ4n) is 4.25. The Morgan fingerprint density at radius 2 is 1.28 bits per heavy atom. The van der Waals surface area contributed by atoms with Crippen LogP contribution in [0.1, 0.15) is 96.8 Å². The van der Waals surface area contributed by atoms with Crippen LogP contribution >= 0.6 is 0 Å². The average Bonchev–Trinajstić information content (AvgIpc) is 3.07. The summed E-state index contributed by atoms with van der Waals surface area (Å²) in [6.07, 6.45) is 23.6. The minimum Gasteiger partial charge on any atom is -1.00 e. The summed E-state index contributed by atoms with van der Waals surface area (Å²) in [5.74, 6) is 1.04. The van der Waals surface area contributed by atoms with Gasteiger partial charge in [0.05, 0.1) is 19.8 Å². The highest BCUT2D eigenvalue weighted by Crippen LogP contribution is 2.17. The largest absolute Gasteiger partial charge is 1.00 e. The SMILES string of the molecule is CCCCCCCCCCCCCCCC=CC1=NCC[N+]1(CCO)CCO.[Cl-]. The van der Waals surface area contributed by atoms with Gasteiger partial charge < -0.3 is 22.6 Å². The molecule has 4 nitrogen and oxygen atoms in total. The van der Waals surface area contributed by atoms with E-state index < -0.39 is 0 Å². The van der Waals surface area contributed by atoms with Crippen molar-refractivity contribution in [3.63, 3.8) is 0 Å². The summed E-state index contributed by atoms with van der Waals surface area (Å²) in [6, 6.07) is 0. The van der Waals surface area contributed by atoms with Crippen molar-refractivity contribution in [3.8, 4) is 0 Å². The second kappa shape index (κ2) is 19.5. The lowest BCUT2D eigenvalue weighted by atomic mass is 10.0. The maximum absolute atomic E-state index is 9.36. The number of amidine groups is 1. The average molecular weight is 431 g/mol. The zero-order chi connectivity index (χ0) is 20.3. The molecule has 0 radical (unpaired) electrons. The molecule has 172 valence electrons. The highest BCUT2D eigenvalue weighted by Gasteiger charge is 2.35. The standard InChI is InChI=1S/C24H47N2O2.ClH/c1-2-3-4-5-6-7-8-9-10-11-12-13-14-15-16-17-24-25-18-19-26(24,20-22-27)21-23-28;/h16-17,27-28H,2-15,18-23H2,1H3;1H/q+1;/p-1. The Bertz CT molecular complexity index is 421. The molecule has 0 fully saturated rings. The molecule has 1 aliphatic heterocycles. The second-order valence-corrected chi connectivity index (χ2v) is 8.44. The molecule has 0 atom stereocenters. The first kappa shape index (κ1) is 28.6. The van der Waals surface area contributed by atoms with Crippen LogP contribution in [0, 0.1) is 0 Å². The number of unbranched alkanes of at least 4 members (excludes halogenated alkanes) is 13. The number of aliphatic hydroxyl groups excluding tert-OH is 2. The van der Waals surface area contributed by atoms with Crippen molar-refractivity contribution in [2.24, 2.45) is 4.99 Å². The minimum absolute atomic E-state index is 0. The van der Waals surface area contributed by atoms with Gasteiger partial charge in [-0.25, -0.2) is 4.99 Å². The van der Waals surface area contributed by atoms with Gasteiger partial charge >= 0.3 is 0 Å². The van der Waals surface area contributed by atoms with Crippen molar-refractivity contribution in [2.45, 2.75) is 96.8 Å². The van der Waals surface area contributed by atoms with E-state index in [-0.39, 0.29) is 25.6 Å². The quantitative estimate of drug-likeness (QED) is 0.244. The molecule has 0 unspecified atom stereocenters. The molecule has 29 heavy (non-hydrogen) atoms. The molecule has 0 bridgehead atoms. The summed E-state index contributed by atoms with van der Waals surface area (Å²) in [4.78, 5) is 4.61. The molecular weight excluding hydrogens is 384 g/mol. The van der Waals surface area contributed by atoms with Gasteiger partial charge in [0.1, 0.15) is 19.6 Å². The molecule has 5 heteroatoms. The summed E-state index contributed by atoms with van der Waals surface area (Å²) >= 11 is 0. The van der Waals surface area contributed by atoms with Crippen LogP contribution in [0.2, 0.25) is 0 Å². The monoisotopic (exact) mass is 430 g/mol. The van der Waals surface area contributed by atoms with Crippen LogP contribution in [-0.2, 0) is 0 Å². The number of nitrogens with zero attached hydrogens (tertiary/aromatic N) is 2. The summed E-state index contributed by atoms with van der Waals surface area (Å²) < 4.78 is 0.641. The molecule has 0 saturated heterocycles. The number of allylic oxidation sites excluding steroid dienone is 1. The summed E-state index contributed by atoms with van der Waals surface area (Å²) in [5.41, 5.74) is 0. The number of hydrogen-bond acceptors (Lipinski definition) is 3. The van der Waals surface area contributed by atoms with Gasteiger partial charge in [-0.2, -0.15) is 0 Å². The summed E-state index contributed by atoms with van der Waals surface area (Å²) in [6.45, 7) is 5.59. The Morgan fingerprint density at radius 3 is 1.76 bits per heavy atom. The zero-order valence-electron chi connectivity index (χ0n) is 19.0. The molecule has 1 heterocycles. The molecule has 0 aromatic carbocycles. The van der Waals surface area contributed by atoms with E-state index in [0.29, 0.717) is 17.6 Å². The topological polar surface area (TPSA) is 52.8 Å². The third-order valence-electron chi connectivity index (χ3n) is 6.09. The van der Waals surface area contributed by atoms with Gasteiger partial charge in [0, 0.05) is 6.08 Å². The van der Waals surface area contributed by atoms with Crippen molar-refractivity contribution in [2.75, 3.05) is 39.4 Å². The predicted octanol–water partition coefficient (Wildman–Crippen LogP) is 2.24. The van der Waals surface area contributed by atoms with E-state index in [1.54, 1.807) is 0 Å². The first-order valence-electron chi connectivity index (χ1n) is 12.1. The first-order chi connectivity index (χ1) is 13.8. The van der Waals surface area contributed by atoms with Gasteiger partial charge in [0.15, 0.2) is 0 Å². The maximum Gasteiger partial charge on any atom is 0.222 e. The lowest BCUT2D eigenvalue weighted by molar-refractivity contribution is -0.835. The van der Waals surface area contributed by atoms with Crippen molar-refractivity contribution in [1.82, 2.24) is 0 Å². The van der Waals surface area contributed by atoms with E-state index in [1.165, 1.54) is 83.5 Å². The van der Waals surface area contributed by atoms with Gasteiger partial charge in [0.2, 0.25) is 5.84 Å². The highest BCUT2D eigenvalue weighted by atomic mass is 35.5. The van der Waals surface area contributed by atoms with Crippen LogP contribution in [-0.4, -0.2) is 59.9 Å². The second-order valence-electron chi connectivity index (χ2n) is 8.44. The molecular formula is C24H47ClN2O2. The van der Waals surface area contributed by atoms with Gasteiger partial charge in [-0.15, -0.1) is 0 Å². The van der Waals surface area contributed by atoms with Crippen molar-refractivity contribution >= 4 is 5.84 Å². The van der Waals surface area contributed by atoms with Gasteiger partial charge in [-0.1, -0.05) is 90.0 Å². The van der Waals surface area contributed by atoms with E-state index in [4.69, 9.17) is 0 Å². The Balaban J connectivity index is 0.00000784. The van der Waals surface area contributed by atoms with Gasteiger partial charge in [-0.05, 0) is 12.8 Å². The van der Waals surface area contributed by atoms with E-state index in [1.807, 2.05) is 0 Å². The van der Waals surface area contributed by atoms with E-state index in [9.17, 15) is 10.2 Å². The number of rotatable bonds is 19. The zero-order valence-corrected chi connectivity index (χ0v) is 19.7. The lowest BCUT2D eigenvalue weighted by Crippen LogP contribution is -3.00. The fraction of sp³-hybridized carbons (Fsp3) is 0.875. The third-order valence-corrected chi connectivity index (χ3v) is 6.09. The van der Waals surface area contributed by atoms with Crippen LogP contribution in [0.5, 0.6) is 0 Å². The van der Waals surface area contributed by atoms with Gasteiger partial charge in [0.25, 0.3) is 0 Å². The van der Waals surface area contributed by atoms with E-state index in [2.05, 4.69) is 24.1 Å². The van der Waals surface area contributed by atoms with Gasteiger partial charge in [-0.3, -0.25) is 4.48 Å². The molecule has 0 amide bonds. The molecule has 0 spiro atoms. The molecule has 0 aromatic heterocycles. The molecule has 2 N–H and O–H groups in total. The van der Waals surface area contributed by atoms with Crippen LogP contribution in [0.3, 0.4) is 0 Å². The number of quaternary nitrogens is 1. The molecule has 1 aliphatic rings. The van der Waals surface area contributed by atoms with E-state index in [0.717, 1.165) is 25.3 Å². The number of halogens is 1. The molecule has 0 aliphatic carbocycles. The molecule has 0 saturated carbocycles. The molecule has 1 rings (SSSR count). The maximum atomic E-state index is 9.36. The van der Waals surface area contributed by atoms with Crippen LogP contribution in [0.15, 0.2) is 17.1 Å². The predicted molar refractivity (Wildman–Crippen MR) is 121 cm³/mol. The van der Waals surface area contributed by atoms with Crippen molar-refractivity contribution < 1.29 is 27.1 Å². The normalized spacial score (nSPS) is 15.6. The Kier molecular flexibility index (Phi) is 19.3. The Labute approximate surface area is 186 Å². The third kappa shape index (κ3) is 12.8. The first-order valence-corrected chi connectivity index (χ1v) is 12.1. The van der Waals surface area contributed by atoms with E-state index >= 15 is 0 Å². The minimum atomic E-state index is 0. The summed E-state index contributed by atoms with van der Waals surface area (Å²) in [7, 11) is 0. The van der Waals surface area contributed by atoms with Crippen molar-refractivity contribution in [3.05, 3.63) is 12.2 Å². The molecule has 0 aromatic rings. The number of aliphatic hydroxyl groups is 2. The number of aliphatic imine (C=N–C) groups is 1.